The van der Waals surface area contributed by atoms with Gasteiger partial charge in [0.1, 0.15) is 5.76 Å². The summed E-state index contributed by atoms with van der Waals surface area (Å²) in [5.74, 6) is 1.18. The highest BCUT2D eigenvalue weighted by Gasteiger charge is 2.36. The van der Waals surface area contributed by atoms with Gasteiger partial charge in [-0.25, -0.2) is 0 Å². The van der Waals surface area contributed by atoms with E-state index in [0.29, 0.717) is 12.3 Å². The van der Waals surface area contributed by atoms with Gasteiger partial charge in [-0.3, -0.25) is 4.79 Å². The first kappa shape index (κ1) is 18.0. The Balaban J connectivity index is 1.99. The molecule has 0 unspecified atom stereocenters. The van der Waals surface area contributed by atoms with E-state index in [1.54, 1.807) is 0 Å². The Bertz CT molecular complexity index is 515. The van der Waals surface area contributed by atoms with Crippen molar-refractivity contribution < 1.29 is 14.4 Å². The van der Waals surface area contributed by atoms with E-state index in [1.807, 2.05) is 27.7 Å². The van der Waals surface area contributed by atoms with Crippen LogP contribution in [0.1, 0.15) is 75.3 Å². The lowest BCUT2D eigenvalue weighted by Gasteiger charge is -2.39. The number of aliphatic hydroxyl groups is 1. The van der Waals surface area contributed by atoms with Crippen LogP contribution in [-0.2, 0) is 4.79 Å². The smallest absolute Gasteiger partial charge is 0.221 e. The Kier molecular flexibility index (Phi) is 5.84. The summed E-state index contributed by atoms with van der Waals surface area (Å²) in [7, 11) is 0. The van der Waals surface area contributed by atoms with Crippen molar-refractivity contribution in [3.63, 3.8) is 0 Å². The van der Waals surface area contributed by atoms with E-state index < -0.39 is 5.54 Å². The minimum atomic E-state index is -0.518. The van der Waals surface area contributed by atoms with Gasteiger partial charge in [0.05, 0.1) is 17.8 Å². The molecule has 1 aromatic rings. The number of nitrogens with one attached hydrogen (secondary N) is 1. The van der Waals surface area contributed by atoms with Gasteiger partial charge in [0.15, 0.2) is 0 Å². The number of hydrogen-bond acceptors (Lipinski definition) is 4. The number of hydrogen-bond donors (Lipinski definition) is 2. The van der Waals surface area contributed by atoms with E-state index in [-0.39, 0.29) is 18.4 Å². The van der Waals surface area contributed by atoms with Gasteiger partial charge in [-0.2, -0.15) is 0 Å². The lowest BCUT2D eigenvalue weighted by molar-refractivity contribution is -0.124. The van der Waals surface area contributed by atoms with Crippen molar-refractivity contribution in [3.05, 3.63) is 17.0 Å². The Morgan fingerprint density at radius 3 is 2.57 bits per heavy atom. The highest BCUT2D eigenvalue weighted by molar-refractivity contribution is 5.77. The van der Waals surface area contributed by atoms with Gasteiger partial charge in [-0.1, -0.05) is 31.3 Å². The third kappa shape index (κ3) is 4.14. The number of aryl methyl sites for hydroxylation is 2. The fourth-order valence-corrected chi connectivity index (χ4v) is 3.95. The van der Waals surface area contributed by atoms with Crippen molar-refractivity contribution in [2.45, 2.75) is 77.7 Å². The molecule has 1 aromatic heterocycles. The zero-order chi connectivity index (χ0) is 17.0. The van der Waals surface area contributed by atoms with Gasteiger partial charge in [-0.15, -0.1) is 0 Å². The molecule has 130 valence electrons. The highest BCUT2D eigenvalue weighted by Crippen LogP contribution is 2.33. The third-order valence-electron chi connectivity index (χ3n) is 5.33. The molecule has 23 heavy (non-hydrogen) atoms. The number of amides is 1. The molecule has 5 nitrogen and oxygen atoms in total. The molecule has 1 saturated carbocycles. The lowest BCUT2D eigenvalue weighted by atomic mass is 9.76. The highest BCUT2D eigenvalue weighted by atomic mass is 16.5. The molecule has 0 bridgehead atoms. The molecule has 1 fully saturated rings. The molecular formula is C18H30N2O3. The quantitative estimate of drug-likeness (QED) is 0.843. The molecule has 0 aromatic carbocycles. The van der Waals surface area contributed by atoms with Crippen LogP contribution in [0.5, 0.6) is 0 Å². The number of carbonyl (C=O) groups is 1. The fraction of sp³-hybridized carbons (Fsp3) is 0.778. The molecular weight excluding hydrogens is 292 g/mol. The molecule has 0 spiro atoms. The topological polar surface area (TPSA) is 75.4 Å². The van der Waals surface area contributed by atoms with Gasteiger partial charge >= 0.3 is 0 Å². The second-order valence-electron chi connectivity index (χ2n) is 7.30. The first-order valence-electron chi connectivity index (χ1n) is 8.72. The summed E-state index contributed by atoms with van der Waals surface area (Å²) < 4.78 is 5.19. The van der Waals surface area contributed by atoms with Crippen LogP contribution in [0.4, 0.5) is 0 Å². The van der Waals surface area contributed by atoms with Crippen molar-refractivity contribution >= 4 is 5.91 Å². The Labute approximate surface area is 138 Å². The second-order valence-corrected chi connectivity index (χ2v) is 7.30. The van der Waals surface area contributed by atoms with Crippen molar-refractivity contribution in [2.75, 3.05) is 6.61 Å². The third-order valence-corrected chi connectivity index (χ3v) is 5.33. The van der Waals surface area contributed by atoms with Crippen molar-refractivity contribution in [2.24, 2.45) is 5.92 Å². The first-order chi connectivity index (χ1) is 10.9. The van der Waals surface area contributed by atoms with Crippen molar-refractivity contribution in [1.82, 2.24) is 10.5 Å². The zero-order valence-electron chi connectivity index (χ0n) is 14.8. The van der Waals surface area contributed by atoms with E-state index in [9.17, 15) is 9.90 Å². The number of aliphatic hydroxyl groups excluding tert-OH is 1. The van der Waals surface area contributed by atoms with Crippen LogP contribution in [0.15, 0.2) is 4.52 Å². The summed E-state index contributed by atoms with van der Waals surface area (Å²) in [5, 5.41) is 16.9. The van der Waals surface area contributed by atoms with Crippen molar-refractivity contribution in [3.8, 4) is 0 Å². The standard InChI is InChI=1S/C18H30N2O3/c1-12(17-13(2)20-23-14(17)3)10-16(22)19-18(4,11-21)15-8-6-5-7-9-15/h12,15,21H,5-11H2,1-4H3,(H,19,22)/t12-,18-/m0/s1. The minimum Gasteiger partial charge on any atom is -0.394 e. The van der Waals surface area contributed by atoms with Crippen molar-refractivity contribution in [1.29, 1.82) is 0 Å². The van der Waals surface area contributed by atoms with Gasteiger partial charge in [0.2, 0.25) is 5.91 Å². The maximum absolute atomic E-state index is 12.5. The molecule has 1 aliphatic carbocycles. The lowest BCUT2D eigenvalue weighted by Crippen LogP contribution is -2.54. The predicted molar refractivity (Wildman–Crippen MR) is 89.2 cm³/mol. The van der Waals surface area contributed by atoms with E-state index in [0.717, 1.165) is 29.9 Å². The van der Waals surface area contributed by atoms with Crippen LogP contribution in [0.25, 0.3) is 0 Å². The summed E-state index contributed by atoms with van der Waals surface area (Å²) in [6, 6.07) is 0. The average Bonchev–Trinajstić information content (AvgIpc) is 2.86. The summed E-state index contributed by atoms with van der Waals surface area (Å²) in [6.45, 7) is 7.76. The van der Waals surface area contributed by atoms with Crippen LogP contribution in [0.3, 0.4) is 0 Å². The van der Waals surface area contributed by atoms with Crippen LogP contribution in [0.2, 0.25) is 0 Å². The molecule has 0 radical (unpaired) electrons. The maximum atomic E-state index is 12.5. The summed E-state index contributed by atoms with van der Waals surface area (Å²) in [6.07, 6.45) is 6.17. The molecule has 1 amide bonds. The zero-order valence-corrected chi connectivity index (χ0v) is 14.8. The molecule has 2 rings (SSSR count). The maximum Gasteiger partial charge on any atom is 0.221 e. The molecule has 5 heteroatoms. The Morgan fingerprint density at radius 2 is 2.04 bits per heavy atom. The van der Waals surface area contributed by atoms with Crippen LogP contribution in [0, 0.1) is 19.8 Å². The predicted octanol–water partition coefficient (Wildman–Crippen LogP) is 3.23. The molecule has 2 N–H and O–H groups in total. The molecule has 1 heterocycles. The van der Waals surface area contributed by atoms with Crippen LogP contribution in [-0.4, -0.2) is 28.3 Å². The molecule has 1 aliphatic rings. The monoisotopic (exact) mass is 322 g/mol. The van der Waals surface area contributed by atoms with Gasteiger partial charge < -0.3 is 14.9 Å². The normalized spacial score (nSPS) is 20.0. The summed E-state index contributed by atoms with van der Waals surface area (Å²) in [4.78, 5) is 12.5. The van der Waals surface area contributed by atoms with Crippen LogP contribution >= 0.6 is 0 Å². The first-order valence-corrected chi connectivity index (χ1v) is 8.72. The van der Waals surface area contributed by atoms with E-state index in [4.69, 9.17) is 4.52 Å². The Hall–Kier alpha value is -1.36. The number of carbonyl (C=O) groups excluding carboxylic acids is 1. The SMILES string of the molecule is Cc1noc(C)c1[C@@H](C)CC(=O)N[C@@](C)(CO)C1CCCCC1. The van der Waals surface area contributed by atoms with Crippen LogP contribution < -0.4 is 5.32 Å². The molecule has 0 saturated heterocycles. The number of aromatic nitrogens is 1. The Morgan fingerprint density at radius 1 is 1.39 bits per heavy atom. The summed E-state index contributed by atoms with van der Waals surface area (Å²) >= 11 is 0. The van der Waals surface area contributed by atoms with Gasteiger partial charge in [0, 0.05) is 12.0 Å². The minimum absolute atomic E-state index is 0.0108. The van der Waals surface area contributed by atoms with E-state index in [2.05, 4.69) is 10.5 Å². The average molecular weight is 322 g/mol. The van der Waals surface area contributed by atoms with Gasteiger partial charge in [0.25, 0.3) is 0 Å². The summed E-state index contributed by atoms with van der Waals surface area (Å²) in [5.41, 5.74) is 1.35. The van der Waals surface area contributed by atoms with E-state index >= 15 is 0 Å². The molecule has 2 atom stereocenters. The second kappa shape index (κ2) is 7.47. The number of nitrogens with zero attached hydrogens (tertiary/aromatic N) is 1. The van der Waals surface area contributed by atoms with E-state index in [1.165, 1.54) is 19.3 Å². The largest absolute Gasteiger partial charge is 0.394 e. The molecule has 0 aliphatic heterocycles. The fourth-order valence-electron chi connectivity index (χ4n) is 3.95. The van der Waals surface area contributed by atoms with Gasteiger partial charge in [-0.05, 0) is 45.4 Å². The number of rotatable bonds is 6.